The molecule has 0 saturated carbocycles. The first-order chi connectivity index (χ1) is 23.9. The molecule has 0 fully saturated rings. The number of hydrogen-bond donors (Lipinski definition) is 9. The number of nitrogens with one attached hydrogen (secondary N) is 1. The zero-order chi connectivity index (χ0) is 35.6. The maximum atomic E-state index is 13.0. The zero-order valence-electron chi connectivity index (χ0n) is 25.1. The third-order valence-corrected chi connectivity index (χ3v) is 8.06. The van der Waals surface area contributed by atoms with Crippen LogP contribution in [0.5, 0.6) is 34.5 Å². The van der Waals surface area contributed by atoms with E-state index in [-0.39, 0.29) is 49.8 Å². The van der Waals surface area contributed by atoms with Crippen molar-refractivity contribution in [1.82, 2.24) is 25.3 Å². The minimum absolute atomic E-state index is 0.212. The lowest BCUT2D eigenvalue weighted by Crippen LogP contribution is -2.23. The van der Waals surface area contributed by atoms with Crippen LogP contribution in [0.25, 0.3) is 55.3 Å². The average molecular weight is 676 g/mol. The highest BCUT2D eigenvalue weighted by Crippen LogP contribution is 2.52. The molecule has 0 saturated heterocycles. The van der Waals surface area contributed by atoms with Crippen LogP contribution in [-0.2, 0) is 6.54 Å². The van der Waals surface area contributed by atoms with E-state index in [0.717, 1.165) is 30.3 Å². The van der Waals surface area contributed by atoms with E-state index in [2.05, 4.69) is 25.3 Å². The van der Waals surface area contributed by atoms with Crippen LogP contribution in [0, 0.1) is 0 Å². The van der Waals surface area contributed by atoms with Gasteiger partial charge in [0, 0.05) is 23.7 Å². The van der Waals surface area contributed by atoms with Crippen molar-refractivity contribution in [2.75, 3.05) is 0 Å². The van der Waals surface area contributed by atoms with Crippen LogP contribution in [0.1, 0.15) is 36.6 Å². The molecule has 7 rings (SSSR count). The summed E-state index contributed by atoms with van der Waals surface area (Å²) in [7, 11) is 0. The molecule has 2 aromatic heterocycles. The molecule has 0 aliphatic rings. The van der Waals surface area contributed by atoms with Gasteiger partial charge in [-0.25, -0.2) is 29.5 Å². The predicted molar refractivity (Wildman–Crippen MR) is 175 cm³/mol. The number of fused-ring (bicyclic) bond motifs is 4. The van der Waals surface area contributed by atoms with E-state index in [1.165, 1.54) is 12.1 Å². The summed E-state index contributed by atoms with van der Waals surface area (Å²) in [5.74, 6) is -7.78. The van der Waals surface area contributed by atoms with Gasteiger partial charge in [0.2, 0.25) is 0 Å². The lowest BCUT2D eigenvalue weighted by Gasteiger charge is -2.19. The van der Waals surface area contributed by atoms with Gasteiger partial charge in [0.25, 0.3) is 5.91 Å². The number of nitrogens with zero attached hydrogens (tertiary/aromatic N) is 4. The van der Waals surface area contributed by atoms with Crippen LogP contribution < -0.4 is 5.32 Å². The standard InChI is InChI=1S/C34H21N5O11/c40-17-8-6-13(33(47)48)22-26(17)36-16-10-19(42)20(30(44)25(16)37-22)21-29(43)15(11-35-32(46)12-4-2-1-3-5-12)24-28(31(21)45)39-23-14(34(49)50)7-9-18(41)27(23)38-24/h1-10,40-45H,11H2,(H,35,46)(H,47,48)(H,49,50). The molecule has 0 spiro atoms. The summed E-state index contributed by atoms with van der Waals surface area (Å²) in [5, 5.41) is 89.1. The Kier molecular flexibility index (Phi) is 7.06. The number of phenolic OH excluding ortho intramolecular Hbond substituents is 6. The third-order valence-electron chi connectivity index (χ3n) is 8.06. The third kappa shape index (κ3) is 4.74. The first kappa shape index (κ1) is 31.1. The first-order valence-corrected chi connectivity index (χ1v) is 14.5. The van der Waals surface area contributed by atoms with Gasteiger partial charge in [-0.2, -0.15) is 0 Å². The van der Waals surface area contributed by atoms with Crippen LogP contribution in [0.4, 0.5) is 0 Å². The van der Waals surface area contributed by atoms with Gasteiger partial charge in [0.15, 0.2) is 11.5 Å². The van der Waals surface area contributed by atoms with Crippen molar-refractivity contribution in [2.24, 2.45) is 0 Å². The predicted octanol–water partition coefficient (Wildman–Crippen LogP) is 4.11. The molecule has 7 aromatic rings. The van der Waals surface area contributed by atoms with Gasteiger partial charge in [0.1, 0.15) is 61.6 Å². The number of phenols is 6. The zero-order valence-corrected chi connectivity index (χ0v) is 25.1. The Balaban J connectivity index is 1.55. The van der Waals surface area contributed by atoms with Gasteiger partial charge >= 0.3 is 11.9 Å². The summed E-state index contributed by atoms with van der Waals surface area (Å²) in [6.45, 7) is -0.496. The first-order valence-electron chi connectivity index (χ1n) is 14.5. The summed E-state index contributed by atoms with van der Waals surface area (Å²) in [5.41, 5.74) is -4.66. The topological polar surface area (TPSA) is 277 Å². The quantitative estimate of drug-likeness (QED) is 0.112. The molecule has 0 aliphatic carbocycles. The molecule has 0 unspecified atom stereocenters. The molecule has 16 heteroatoms. The summed E-state index contributed by atoms with van der Waals surface area (Å²) < 4.78 is 0. The van der Waals surface area contributed by atoms with E-state index in [1.807, 2.05) is 0 Å². The average Bonchev–Trinajstić information content (AvgIpc) is 3.09. The molecule has 9 N–H and O–H groups in total. The molecular formula is C34H21N5O11. The second-order valence-corrected chi connectivity index (χ2v) is 11.0. The molecule has 50 heavy (non-hydrogen) atoms. The number of aromatic carboxylic acids is 2. The molecule has 1 amide bonds. The van der Waals surface area contributed by atoms with Gasteiger partial charge in [-0.05, 0) is 36.4 Å². The number of carboxylic acids is 2. The molecule has 2 heterocycles. The van der Waals surface area contributed by atoms with Gasteiger partial charge in [0.05, 0.1) is 27.8 Å². The molecule has 248 valence electrons. The SMILES string of the molecule is O=C(NCc1c(O)c(-c2c(O)cc3nc4c(O)ccc(C(=O)O)c4nc3c2O)c(O)c2nc3c(C(=O)O)ccc(O)c3nc12)c1ccccc1. The molecule has 0 bridgehead atoms. The number of aromatic hydroxyl groups is 6. The Hall–Kier alpha value is -7.49. The van der Waals surface area contributed by atoms with E-state index < -0.39 is 86.6 Å². The monoisotopic (exact) mass is 675 g/mol. The van der Waals surface area contributed by atoms with Gasteiger partial charge in [-0.15, -0.1) is 0 Å². The molecule has 0 atom stereocenters. The molecule has 16 nitrogen and oxygen atoms in total. The Morgan fingerprint density at radius 3 is 1.68 bits per heavy atom. The second-order valence-electron chi connectivity index (χ2n) is 11.0. The van der Waals surface area contributed by atoms with Gasteiger partial charge in [-0.3, -0.25) is 4.79 Å². The molecule has 5 aromatic carbocycles. The smallest absolute Gasteiger partial charge is 0.337 e. The van der Waals surface area contributed by atoms with Crippen LogP contribution in [-0.4, -0.2) is 78.6 Å². The summed E-state index contributed by atoms with van der Waals surface area (Å²) in [6.07, 6.45) is 0. The number of aromatic nitrogens is 4. The fourth-order valence-corrected chi connectivity index (χ4v) is 5.70. The number of carbonyl (C=O) groups excluding carboxylic acids is 1. The van der Waals surface area contributed by atoms with Crippen molar-refractivity contribution in [3.8, 4) is 45.6 Å². The molecular weight excluding hydrogens is 654 g/mol. The van der Waals surface area contributed by atoms with Gasteiger partial charge in [-0.1, -0.05) is 18.2 Å². The molecule has 0 aliphatic heterocycles. The lowest BCUT2D eigenvalue weighted by atomic mass is 9.95. The van der Waals surface area contributed by atoms with E-state index >= 15 is 0 Å². The van der Waals surface area contributed by atoms with Crippen molar-refractivity contribution in [2.45, 2.75) is 6.54 Å². The Labute approximate surface area is 277 Å². The maximum absolute atomic E-state index is 13.0. The van der Waals surface area contributed by atoms with Crippen LogP contribution in [0.3, 0.4) is 0 Å². The largest absolute Gasteiger partial charge is 0.507 e. The van der Waals surface area contributed by atoms with Crippen molar-refractivity contribution < 1.29 is 55.2 Å². The minimum atomic E-state index is -1.44. The van der Waals surface area contributed by atoms with Crippen molar-refractivity contribution in [1.29, 1.82) is 0 Å². The fraction of sp³-hybridized carbons (Fsp3) is 0.0294. The molecule has 0 radical (unpaired) electrons. The van der Waals surface area contributed by atoms with E-state index in [9.17, 15) is 55.2 Å². The number of hydrogen-bond acceptors (Lipinski definition) is 13. The van der Waals surface area contributed by atoms with Crippen molar-refractivity contribution in [3.05, 3.63) is 82.9 Å². The number of rotatable bonds is 6. The highest BCUT2D eigenvalue weighted by molar-refractivity contribution is 6.10. The van der Waals surface area contributed by atoms with E-state index in [4.69, 9.17) is 0 Å². The summed E-state index contributed by atoms with van der Waals surface area (Å²) in [6, 6.07) is 13.3. The Morgan fingerprint density at radius 1 is 0.540 bits per heavy atom. The fourth-order valence-electron chi connectivity index (χ4n) is 5.70. The maximum Gasteiger partial charge on any atom is 0.337 e. The van der Waals surface area contributed by atoms with E-state index in [0.29, 0.717) is 0 Å². The van der Waals surface area contributed by atoms with Crippen LogP contribution in [0.2, 0.25) is 0 Å². The highest BCUT2D eigenvalue weighted by atomic mass is 16.4. The number of amides is 1. The highest BCUT2D eigenvalue weighted by Gasteiger charge is 2.30. The van der Waals surface area contributed by atoms with Crippen molar-refractivity contribution >= 4 is 62.0 Å². The van der Waals surface area contributed by atoms with E-state index in [1.54, 1.807) is 18.2 Å². The second kappa shape index (κ2) is 11.3. The number of carbonyl (C=O) groups is 3. The Morgan fingerprint density at radius 2 is 1.08 bits per heavy atom. The Bertz CT molecular complexity index is 2650. The summed E-state index contributed by atoms with van der Waals surface area (Å²) >= 11 is 0. The number of benzene rings is 5. The van der Waals surface area contributed by atoms with Crippen LogP contribution in [0.15, 0.2) is 60.7 Å². The normalized spacial score (nSPS) is 11.4. The van der Waals surface area contributed by atoms with Crippen molar-refractivity contribution in [3.63, 3.8) is 0 Å². The van der Waals surface area contributed by atoms with Gasteiger partial charge < -0.3 is 46.2 Å². The van der Waals surface area contributed by atoms with Crippen LogP contribution >= 0.6 is 0 Å². The lowest BCUT2D eigenvalue weighted by molar-refractivity contribution is 0.0688. The summed E-state index contributed by atoms with van der Waals surface area (Å²) in [4.78, 5) is 53.9. The number of carboxylic acid groups (broad SMARTS) is 2. The minimum Gasteiger partial charge on any atom is -0.507 e.